The first-order valence-electron chi connectivity index (χ1n) is 6.86. The standard InChI is InChI=1S/C16H12B2O3/c19-17-21-18-20-14-9-7-12-5-4-10-2-1-3-11-6-8-13(14)16(12)15(10)11/h1-9,17-19H. The maximum atomic E-state index is 8.68. The highest BCUT2D eigenvalue weighted by Crippen LogP contribution is 2.38. The van der Waals surface area contributed by atoms with E-state index in [9.17, 15) is 0 Å². The molecular formula is C16H12B2O3. The summed E-state index contributed by atoms with van der Waals surface area (Å²) in [4.78, 5) is 0. The van der Waals surface area contributed by atoms with E-state index in [1.54, 1.807) is 0 Å². The third kappa shape index (κ3) is 1.94. The van der Waals surface area contributed by atoms with Gasteiger partial charge in [-0.15, -0.1) is 0 Å². The summed E-state index contributed by atoms with van der Waals surface area (Å²) in [5.74, 6) is 0.772. The molecule has 4 aromatic carbocycles. The number of benzene rings is 4. The van der Waals surface area contributed by atoms with E-state index in [-0.39, 0.29) is 15.4 Å². The van der Waals surface area contributed by atoms with Crippen molar-refractivity contribution in [2.24, 2.45) is 0 Å². The first-order chi connectivity index (χ1) is 10.4. The van der Waals surface area contributed by atoms with Crippen LogP contribution in [-0.2, 0) is 4.57 Å². The van der Waals surface area contributed by atoms with Crippen molar-refractivity contribution in [3.8, 4) is 5.75 Å². The molecule has 3 nitrogen and oxygen atoms in total. The molecule has 5 heteroatoms. The maximum Gasteiger partial charge on any atom is 0.492 e. The fourth-order valence-electron chi connectivity index (χ4n) is 2.98. The monoisotopic (exact) mass is 274 g/mol. The van der Waals surface area contributed by atoms with Crippen LogP contribution >= 0.6 is 0 Å². The average molecular weight is 274 g/mol. The summed E-state index contributed by atoms with van der Waals surface area (Å²) in [6, 6.07) is 18.8. The van der Waals surface area contributed by atoms with Gasteiger partial charge in [-0.2, -0.15) is 0 Å². The van der Waals surface area contributed by atoms with E-state index < -0.39 is 0 Å². The van der Waals surface area contributed by atoms with Gasteiger partial charge in [-0.3, -0.25) is 0 Å². The Balaban J connectivity index is 2.01. The van der Waals surface area contributed by atoms with Crippen LogP contribution in [0.2, 0.25) is 0 Å². The molecule has 0 saturated carbocycles. The van der Waals surface area contributed by atoms with Gasteiger partial charge >= 0.3 is 15.4 Å². The van der Waals surface area contributed by atoms with Gasteiger partial charge in [-0.05, 0) is 27.6 Å². The molecule has 0 amide bonds. The zero-order chi connectivity index (χ0) is 14.2. The van der Waals surface area contributed by atoms with Crippen LogP contribution in [0.4, 0.5) is 0 Å². The van der Waals surface area contributed by atoms with Gasteiger partial charge in [0.05, 0.1) is 0 Å². The van der Waals surface area contributed by atoms with Gasteiger partial charge < -0.3 is 14.3 Å². The highest BCUT2D eigenvalue weighted by Gasteiger charge is 2.11. The van der Waals surface area contributed by atoms with Crippen molar-refractivity contribution >= 4 is 47.7 Å². The third-order valence-corrected chi connectivity index (χ3v) is 3.88. The zero-order valence-electron chi connectivity index (χ0n) is 11.4. The fraction of sp³-hybridized carbons (Fsp3) is 0. The Bertz CT molecular complexity index is 907. The molecular weight excluding hydrogens is 262 g/mol. The summed E-state index contributed by atoms with van der Waals surface area (Å²) in [6.45, 7) is 0. The van der Waals surface area contributed by atoms with E-state index in [1.807, 2.05) is 6.07 Å². The molecule has 4 aromatic rings. The SMILES string of the molecule is OBOBOc1ccc2ccc3cccc4ccc1c2c34. The second kappa shape index (κ2) is 4.95. The van der Waals surface area contributed by atoms with Crippen molar-refractivity contribution in [2.75, 3.05) is 0 Å². The van der Waals surface area contributed by atoms with E-state index in [4.69, 9.17) is 14.3 Å². The molecule has 0 bridgehead atoms. The van der Waals surface area contributed by atoms with E-state index in [0.29, 0.717) is 0 Å². The normalized spacial score (nSPS) is 11.3. The molecule has 4 rings (SSSR count). The van der Waals surface area contributed by atoms with E-state index >= 15 is 0 Å². The molecule has 1 N–H and O–H groups in total. The maximum absolute atomic E-state index is 8.68. The van der Waals surface area contributed by atoms with E-state index in [1.165, 1.54) is 26.9 Å². The number of hydrogen-bond donors (Lipinski definition) is 1. The molecule has 0 aliphatic heterocycles. The van der Waals surface area contributed by atoms with Crippen LogP contribution in [0.3, 0.4) is 0 Å². The lowest BCUT2D eigenvalue weighted by Gasteiger charge is -2.14. The predicted molar refractivity (Wildman–Crippen MR) is 88.4 cm³/mol. The van der Waals surface area contributed by atoms with Crippen molar-refractivity contribution in [3.05, 3.63) is 54.6 Å². The first-order valence-corrected chi connectivity index (χ1v) is 6.86. The molecule has 0 atom stereocenters. The van der Waals surface area contributed by atoms with Crippen molar-refractivity contribution < 1.29 is 14.3 Å². The van der Waals surface area contributed by atoms with Crippen LogP contribution in [0.5, 0.6) is 5.75 Å². The summed E-state index contributed by atoms with van der Waals surface area (Å²) in [6.07, 6.45) is 0. The summed E-state index contributed by atoms with van der Waals surface area (Å²) in [5.41, 5.74) is 0. The Kier molecular flexibility index (Phi) is 2.95. The minimum atomic E-state index is -0.341. The van der Waals surface area contributed by atoms with Gasteiger partial charge in [0, 0.05) is 10.8 Å². The Hall–Kier alpha value is -2.23. The highest BCUT2D eigenvalue weighted by molar-refractivity contribution is 6.34. The zero-order valence-corrected chi connectivity index (χ0v) is 11.4. The van der Waals surface area contributed by atoms with Crippen LogP contribution in [0.1, 0.15) is 0 Å². The van der Waals surface area contributed by atoms with Crippen molar-refractivity contribution in [1.82, 2.24) is 0 Å². The molecule has 0 aliphatic carbocycles. The van der Waals surface area contributed by atoms with E-state index in [0.717, 1.165) is 11.1 Å². The Labute approximate surface area is 123 Å². The van der Waals surface area contributed by atoms with Gasteiger partial charge in [0.25, 0.3) is 0 Å². The second-order valence-corrected chi connectivity index (χ2v) is 5.02. The van der Waals surface area contributed by atoms with Crippen LogP contribution < -0.4 is 4.65 Å². The Morgan fingerprint density at radius 2 is 1.43 bits per heavy atom. The van der Waals surface area contributed by atoms with Crippen molar-refractivity contribution in [2.45, 2.75) is 0 Å². The number of hydrogen-bond acceptors (Lipinski definition) is 3. The minimum Gasteiger partial charge on any atom is -0.539 e. The molecule has 0 saturated heterocycles. The quantitative estimate of drug-likeness (QED) is 0.353. The lowest BCUT2D eigenvalue weighted by atomic mass is 9.94. The highest BCUT2D eigenvalue weighted by atomic mass is 16.6. The van der Waals surface area contributed by atoms with Gasteiger partial charge in [-0.1, -0.05) is 48.5 Å². The largest absolute Gasteiger partial charge is 0.539 e. The average Bonchev–Trinajstić information content (AvgIpc) is 2.54. The molecule has 0 radical (unpaired) electrons. The lowest BCUT2D eigenvalue weighted by Crippen LogP contribution is -2.10. The van der Waals surface area contributed by atoms with Crippen molar-refractivity contribution in [3.63, 3.8) is 0 Å². The van der Waals surface area contributed by atoms with Gasteiger partial charge in [-0.25, -0.2) is 0 Å². The predicted octanol–water partition coefficient (Wildman–Crippen LogP) is 2.50. The molecule has 21 heavy (non-hydrogen) atoms. The smallest absolute Gasteiger partial charge is 0.492 e. The fourth-order valence-corrected chi connectivity index (χ4v) is 2.98. The molecule has 0 heterocycles. The summed E-state index contributed by atoms with van der Waals surface area (Å²) >= 11 is 0. The lowest BCUT2D eigenvalue weighted by molar-refractivity contribution is 0.414. The van der Waals surface area contributed by atoms with Crippen LogP contribution in [0.15, 0.2) is 54.6 Å². The van der Waals surface area contributed by atoms with Crippen LogP contribution in [0.25, 0.3) is 32.3 Å². The topological polar surface area (TPSA) is 38.7 Å². The molecule has 0 aromatic heterocycles. The molecule has 0 spiro atoms. The Morgan fingerprint density at radius 3 is 2.19 bits per heavy atom. The van der Waals surface area contributed by atoms with Crippen molar-refractivity contribution in [1.29, 1.82) is 0 Å². The van der Waals surface area contributed by atoms with Crippen LogP contribution in [-0.4, -0.2) is 20.4 Å². The molecule has 0 fully saturated rings. The number of rotatable bonds is 4. The molecule has 0 unspecified atom stereocenters. The van der Waals surface area contributed by atoms with E-state index in [2.05, 4.69) is 48.5 Å². The first kappa shape index (κ1) is 12.5. The van der Waals surface area contributed by atoms with Gasteiger partial charge in [0.2, 0.25) is 0 Å². The van der Waals surface area contributed by atoms with Crippen LogP contribution in [0, 0.1) is 0 Å². The summed E-state index contributed by atoms with van der Waals surface area (Å²) in [7, 11) is -0.299. The third-order valence-electron chi connectivity index (χ3n) is 3.88. The molecule has 0 aliphatic rings. The second-order valence-electron chi connectivity index (χ2n) is 5.02. The van der Waals surface area contributed by atoms with Gasteiger partial charge in [0.15, 0.2) is 0 Å². The summed E-state index contributed by atoms with van der Waals surface area (Å²) in [5, 5.41) is 15.9. The Morgan fingerprint density at radius 1 is 0.762 bits per heavy atom. The minimum absolute atomic E-state index is 0.0421. The molecule has 100 valence electrons. The van der Waals surface area contributed by atoms with Gasteiger partial charge in [0.1, 0.15) is 5.75 Å². The summed E-state index contributed by atoms with van der Waals surface area (Å²) < 4.78 is 10.5.